The normalized spacial score (nSPS) is 11.1. The minimum absolute atomic E-state index is 0.891. The highest BCUT2D eigenvalue weighted by molar-refractivity contribution is 5.79. The largest absolute Gasteiger partial charge is 0.478 e. The van der Waals surface area contributed by atoms with Crippen molar-refractivity contribution < 1.29 is 9.90 Å². The van der Waals surface area contributed by atoms with Gasteiger partial charge in [-0.05, 0) is 45.8 Å². The fourth-order valence-corrected chi connectivity index (χ4v) is 3.83. The summed E-state index contributed by atoms with van der Waals surface area (Å²) in [6.45, 7) is 12.7. The quantitative estimate of drug-likeness (QED) is 0.135. The lowest BCUT2D eigenvalue weighted by Crippen LogP contribution is -2.27. The van der Waals surface area contributed by atoms with Crippen molar-refractivity contribution in [3.63, 3.8) is 0 Å². The summed E-state index contributed by atoms with van der Waals surface area (Å²) in [5, 5.41) is 7.83. The summed E-state index contributed by atoms with van der Waals surface area (Å²) in [6.07, 6.45) is 28.3. The third kappa shape index (κ3) is 31.4. The van der Waals surface area contributed by atoms with Gasteiger partial charge in [-0.1, -0.05) is 123 Å². The molecule has 0 aliphatic rings. The number of nitrogens with zero attached hydrogens (tertiary/aromatic N) is 1. The first-order valence-electron chi connectivity index (χ1n) is 13.7. The zero-order valence-electron chi connectivity index (χ0n) is 21.8. The van der Waals surface area contributed by atoms with Gasteiger partial charge in [0.15, 0.2) is 0 Å². The molecular formula is C28H57NO2. The first kappa shape index (κ1) is 32.4. The molecule has 0 heterocycles. The third-order valence-corrected chi connectivity index (χ3v) is 5.79. The smallest absolute Gasteiger partial charge is 0.327 e. The number of carbonyl (C=O) groups is 1. The predicted octanol–water partition coefficient (Wildman–Crippen LogP) is 9.02. The molecule has 0 aromatic carbocycles. The number of hydrogen-bond acceptors (Lipinski definition) is 2. The Morgan fingerprint density at radius 1 is 0.581 bits per heavy atom. The van der Waals surface area contributed by atoms with E-state index in [9.17, 15) is 4.79 Å². The number of allylic oxidation sites excluding steroid dienone is 1. The highest BCUT2D eigenvalue weighted by Gasteiger charge is 2.05. The van der Waals surface area contributed by atoms with E-state index in [4.69, 9.17) is 5.11 Å². The van der Waals surface area contributed by atoms with Gasteiger partial charge in [0.25, 0.3) is 0 Å². The molecule has 0 atom stereocenters. The van der Waals surface area contributed by atoms with Crippen LogP contribution in [-0.4, -0.2) is 35.6 Å². The maximum Gasteiger partial charge on any atom is 0.327 e. The van der Waals surface area contributed by atoms with Crippen molar-refractivity contribution in [2.45, 2.75) is 143 Å². The van der Waals surface area contributed by atoms with Crippen molar-refractivity contribution >= 4 is 5.97 Å². The van der Waals surface area contributed by atoms with E-state index in [0.29, 0.717) is 0 Å². The Labute approximate surface area is 196 Å². The van der Waals surface area contributed by atoms with E-state index in [2.05, 4.69) is 25.7 Å². The minimum atomic E-state index is -0.891. The van der Waals surface area contributed by atoms with E-state index in [-0.39, 0.29) is 0 Å². The molecule has 31 heavy (non-hydrogen) atoms. The molecule has 0 aliphatic heterocycles. The Hall–Kier alpha value is -0.830. The summed E-state index contributed by atoms with van der Waals surface area (Å²) >= 11 is 0. The standard InChI is InChI=1S/C24H51N.C4H6O2/c1-4-7-10-13-16-19-22-25(23-20-17-14-11-8-5-2)24-21-18-15-12-9-6-3;1-2-3-4(5)6/h4-24H2,1-3H3;2-3H,1H3,(H,5,6)/b;3-2+. The van der Waals surface area contributed by atoms with Crippen LogP contribution in [0.15, 0.2) is 12.2 Å². The van der Waals surface area contributed by atoms with E-state index >= 15 is 0 Å². The van der Waals surface area contributed by atoms with Gasteiger partial charge in [0.1, 0.15) is 0 Å². The molecule has 186 valence electrons. The van der Waals surface area contributed by atoms with Crippen LogP contribution in [0.5, 0.6) is 0 Å². The molecule has 3 nitrogen and oxygen atoms in total. The Balaban J connectivity index is 0. The van der Waals surface area contributed by atoms with E-state index in [0.717, 1.165) is 6.08 Å². The van der Waals surface area contributed by atoms with E-state index in [1.807, 2.05) is 0 Å². The van der Waals surface area contributed by atoms with Gasteiger partial charge in [-0.2, -0.15) is 0 Å². The number of unbranched alkanes of at least 4 members (excludes halogenated alkanes) is 15. The Morgan fingerprint density at radius 2 is 0.871 bits per heavy atom. The van der Waals surface area contributed by atoms with Crippen molar-refractivity contribution in [2.75, 3.05) is 19.6 Å². The number of hydrogen-bond donors (Lipinski definition) is 1. The van der Waals surface area contributed by atoms with Crippen LogP contribution in [0.2, 0.25) is 0 Å². The molecule has 0 amide bonds. The monoisotopic (exact) mass is 439 g/mol. The molecule has 0 aromatic heterocycles. The van der Waals surface area contributed by atoms with E-state index in [1.54, 1.807) is 6.92 Å². The van der Waals surface area contributed by atoms with Gasteiger partial charge >= 0.3 is 5.97 Å². The number of carboxylic acid groups (broad SMARTS) is 1. The average Bonchev–Trinajstić information content (AvgIpc) is 2.75. The summed E-state index contributed by atoms with van der Waals surface area (Å²) in [5.74, 6) is -0.891. The third-order valence-electron chi connectivity index (χ3n) is 5.79. The van der Waals surface area contributed by atoms with Crippen molar-refractivity contribution in [1.29, 1.82) is 0 Å². The van der Waals surface area contributed by atoms with Crippen molar-refractivity contribution in [3.8, 4) is 0 Å². The summed E-state index contributed by atoms with van der Waals surface area (Å²) in [5.41, 5.74) is 0. The van der Waals surface area contributed by atoms with Crippen LogP contribution in [0.3, 0.4) is 0 Å². The highest BCUT2D eigenvalue weighted by atomic mass is 16.4. The van der Waals surface area contributed by atoms with Crippen LogP contribution in [0.25, 0.3) is 0 Å². The van der Waals surface area contributed by atoms with Crippen molar-refractivity contribution in [2.24, 2.45) is 0 Å². The van der Waals surface area contributed by atoms with Crippen LogP contribution < -0.4 is 0 Å². The summed E-state index contributed by atoms with van der Waals surface area (Å²) in [4.78, 5) is 12.3. The second kappa shape index (κ2) is 29.2. The second-order valence-corrected chi connectivity index (χ2v) is 8.98. The fourth-order valence-electron chi connectivity index (χ4n) is 3.83. The van der Waals surface area contributed by atoms with Crippen LogP contribution in [-0.2, 0) is 4.79 Å². The lowest BCUT2D eigenvalue weighted by atomic mass is 10.1. The first-order chi connectivity index (χ1) is 15.1. The zero-order chi connectivity index (χ0) is 23.4. The number of rotatable bonds is 22. The second-order valence-electron chi connectivity index (χ2n) is 8.98. The average molecular weight is 440 g/mol. The first-order valence-corrected chi connectivity index (χ1v) is 13.7. The Bertz CT molecular complexity index is 330. The Kier molecular flexibility index (Phi) is 30.4. The van der Waals surface area contributed by atoms with E-state index < -0.39 is 5.97 Å². The molecule has 0 unspecified atom stereocenters. The van der Waals surface area contributed by atoms with Crippen molar-refractivity contribution in [1.82, 2.24) is 4.90 Å². The lowest BCUT2D eigenvalue weighted by Gasteiger charge is -2.22. The van der Waals surface area contributed by atoms with Crippen LogP contribution in [0.1, 0.15) is 143 Å². The van der Waals surface area contributed by atoms with Gasteiger partial charge in [-0.25, -0.2) is 4.79 Å². The van der Waals surface area contributed by atoms with Crippen LogP contribution >= 0.6 is 0 Å². The number of aliphatic carboxylic acids is 1. The molecule has 0 aromatic rings. The van der Waals surface area contributed by atoms with E-state index in [1.165, 1.54) is 141 Å². The molecular weight excluding hydrogens is 382 g/mol. The highest BCUT2D eigenvalue weighted by Crippen LogP contribution is 2.11. The zero-order valence-corrected chi connectivity index (χ0v) is 21.8. The Morgan fingerprint density at radius 3 is 1.10 bits per heavy atom. The van der Waals surface area contributed by atoms with Gasteiger partial charge in [-0.3, -0.25) is 0 Å². The molecule has 0 saturated heterocycles. The van der Waals surface area contributed by atoms with Crippen molar-refractivity contribution in [3.05, 3.63) is 12.2 Å². The lowest BCUT2D eigenvalue weighted by molar-refractivity contribution is -0.131. The molecule has 0 aliphatic carbocycles. The summed E-state index contributed by atoms with van der Waals surface area (Å²) < 4.78 is 0. The number of carboxylic acids is 1. The van der Waals surface area contributed by atoms with Gasteiger partial charge in [-0.15, -0.1) is 0 Å². The predicted molar refractivity (Wildman–Crippen MR) is 139 cm³/mol. The van der Waals surface area contributed by atoms with Crippen LogP contribution in [0.4, 0.5) is 0 Å². The molecule has 0 spiro atoms. The molecule has 1 N–H and O–H groups in total. The van der Waals surface area contributed by atoms with Gasteiger partial charge < -0.3 is 10.0 Å². The fraction of sp³-hybridized carbons (Fsp3) is 0.893. The molecule has 0 rings (SSSR count). The molecule has 0 radical (unpaired) electrons. The van der Waals surface area contributed by atoms with Gasteiger partial charge in [0, 0.05) is 6.08 Å². The summed E-state index contributed by atoms with van der Waals surface area (Å²) in [6, 6.07) is 0. The maximum absolute atomic E-state index is 9.51. The maximum atomic E-state index is 9.51. The SMILES string of the molecule is C/C=C/C(=O)O.CCCCCCCCN(CCCCCCCC)CCCCCCCC. The molecule has 0 bridgehead atoms. The van der Waals surface area contributed by atoms with Gasteiger partial charge in [0.05, 0.1) is 0 Å². The topological polar surface area (TPSA) is 40.5 Å². The minimum Gasteiger partial charge on any atom is -0.478 e. The summed E-state index contributed by atoms with van der Waals surface area (Å²) in [7, 11) is 0. The molecule has 0 saturated carbocycles. The molecule has 3 heteroatoms. The van der Waals surface area contributed by atoms with Crippen LogP contribution in [0, 0.1) is 0 Å². The van der Waals surface area contributed by atoms with Gasteiger partial charge in [0.2, 0.25) is 0 Å². The molecule has 0 fully saturated rings.